The summed E-state index contributed by atoms with van der Waals surface area (Å²) in [5.74, 6) is 0. The molecule has 1 aliphatic heterocycles. The maximum absolute atomic E-state index is 13.0. The highest BCUT2D eigenvalue weighted by Crippen LogP contribution is 2.34. The van der Waals surface area contributed by atoms with Crippen molar-refractivity contribution in [1.82, 2.24) is 10.2 Å². The quantitative estimate of drug-likeness (QED) is 0.638. The lowest BCUT2D eigenvalue weighted by molar-refractivity contribution is -0.137. The lowest BCUT2D eigenvalue weighted by atomic mass is 9.93. The molecule has 1 N–H and O–H groups in total. The molecule has 1 heterocycles. The molecule has 1 unspecified atom stereocenters. The Morgan fingerprint density at radius 1 is 0.690 bits per heavy atom. The number of halogens is 3. The van der Waals surface area contributed by atoms with E-state index in [1.54, 1.807) is 12.1 Å². The Balaban J connectivity index is 1.67. The molecular weight excluding hydrogens is 373 g/mol. The molecule has 0 spiro atoms. The summed E-state index contributed by atoms with van der Waals surface area (Å²) in [5, 5.41) is 3.34. The van der Waals surface area contributed by atoms with Crippen molar-refractivity contribution in [3.63, 3.8) is 0 Å². The lowest BCUT2D eigenvalue weighted by Gasteiger charge is -2.35. The summed E-state index contributed by atoms with van der Waals surface area (Å²) in [5.41, 5.74) is 3.63. The number of nitrogens with zero attached hydrogens (tertiary/aromatic N) is 1. The van der Waals surface area contributed by atoms with Gasteiger partial charge in [0.15, 0.2) is 0 Å². The fourth-order valence-corrected chi connectivity index (χ4v) is 3.90. The average molecular weight is 396 g/mol. The Morgan fingerprint density at radius 3 is 1.76 bits per heavy atom. The Kier molecular flexibility index (Phi) is 5.69. The van der Waals surface area contributed by atoms with Gasteiger partial charge < -0.3 is 5.32 Å². The summed E-state index contributed by atoms with van der Waals surface area (Å²) >= 11 is 0. The number of benzene rings is 3. The SMILES string of the molecule is FC(F)(F)c1ccc(C(c2ccc(-c3ccccc3)cc2)N2CCNCC2)cc1. The summed E-state index contributed by atoms with van der Waals surface area (Å²) < 4.78 is 39.0. The van der Waals surface area contributed by atoms with Crippen molar-refractivity contribution in [1.29, 1.82) is 0 Å². The van der Waals surface area contributed by atoms with Gasteiger partial charge in [0.1, 0.15) is 0 Å². The first-order chi connectivity index (χ1) is 14.0. The molecular formula is C24H23F3N2. The molecule has 1 aliphatic rings. The second kappa shape index (κ2) is 8.39. The second-order valence-corrected chi connectivity index (χ2v) is 7.30. The molecule has 3 aromatic carbocycles. The van der Waals surface area contributed by atoms with Crippen molar-refractivity contribution in [2.75, 3.05) is 26.2 Å². The van der Waals surface area contributed by atoms with Crippen LogP contribution in [0.1, 0.15) is 22.7 Å². The first kappa shape index (κ1) is 19.7. The predicted molar refractivity (Wildman–Crippen MR) is 110 cm³/mol. The van der Waals surface area contributed by atoms with E-state index in [9.17, 15) is 13.2 Å². The van der Waals surface area contributed by atoms with Crippen molar-refractivity contribution in [2.45, 2.75) is 12.2 Å². The van der Waals surface area contributed by atoms with Crippen LogP contribution >= 0.6 is 0 Å². The standard InChI is InChI=1S/C24H23F3N2/c25-24(26,27)22-12-10-21(11-13-22)23(29-16-14-28-15-17-29)20-8-6-19(7-9-20)18-4-2-1-3-5-18/h1-13,23,28H,14-17H2. The van der Waals surface area contributed by atoms with Gasteiger partial charge in [-0.2, -0.15) is 13.2 Å². The van der Waals surface area contributed by atoms with E-state index in [1.165, 1.54) is 12.1 Å². The van der Waals surface area contributed by atoms with E-state index in [-0.39, 0.29) is 6.04 Å². The molecule has 5 heteroatoms. The number of rotatable bonds is 4. The first-order valence-electron chi connectivity index (χ1n) is 9.80. The summed E-state index contributed by atoms with van der Waals surface area (Å²) in [7, 11) is 0. The Bertz CT molecular complexity index is 913. The Hall–Kier alpha value is -2.63. The molecule has 2 nitrogen and oxygen atoms in total. The highest BCUT2D eigenvalue weighted by atomic mass is 19.4. The molecule has 1 atom stereocenters. The lowest BCUT2D eigenvalue weighted by Crippen LogP contribution is -2.45. The fourth-order valence-electron chi connectivity index (χ4n) is 3.90. The molecule has 0 bridgehead atoms. The predicted octanol–water partition coefficient (Wildman–Crippen LogP) is 5.37. The minimum atomic E-state index is -4.32. The molecule has 29 heavy (non-hydrogen) atoms. The third kappa shape index (κ3) is 4.52. The van der Waals surface area contributed by atoms with Gasteiger partial charge in [-0.15, -0.1) is 0 Å². The molecule has 1 fully saturated rings. The van der Waals surface area contributed by atoms with Crippen molar-refractivity contribution in [2.24, 2.45) is 0 Å². The van der Waals surface area contributed by atoms with Crippen LogP contribution in [0.2, 0.25) is 0 Å². The summed E-state index contributed by atoms with van der Waals surface area (Å²) in [6, 6.07) is 24.0. The smallest absolute Gasteiger partial charge is 0.314 e. The summed E-state index contributed by atoms with van der Waals surface area (Å²) in [6.45, 7) is 3.46. The van der Waals surface area contributed by atoms with Gasteiger partial charge in [0.05, 0.1) is 11.6 Å². The fraction of sp³-hybridized carbons (Fsp3) is 0.250. The highest BCUT2D eigenvalue weighted by Gasteiger charge is 2.31. The van der Waals surface area contributed by atoms with Crippen LogP contribution in [0.4, 0.5) is 13.2 Å². The largest absolute Gasteiger partial charge is 0.416 e. The van der Waals surface area contributed by atoms with Crippen LogP contribution in [0.25, 0.3) is 11.1 Å². The van der Waals surface area contributed by atoms with Gasteiger partial charge in [-0.3, -0.25) is 4.90 Å². The zero-order valence-corrected chi connectivity index (χ0v) is 16.0. The van der Waals surface area contributed by atoms with Gasteiger partial charge >= 0.3 is 6.18 Å². The molecule has 150 valence electrons. The third-order valence-corrected chi connectivity index (χ3v) is 5.40. The minimum Gasteiger partial charge on any atom is -0.314 e. The van der Waals surface area contributed by atoms with Crippen molar-refractivity contribution in [3.8, 4) is 11.1 Å². The summed E-state index contributed by atoms with van der Waals surface area (Å²) in [4.78, 5) is 2.33. The molecule has 0 aromatic heterocycles. The van der Waals surface area contributed by atoms with E-state index in [0.29, 0.717) is 0 Å². The maximum atomic E-state index is 13.0. The number of hydrogen-bond donors (Lipinski definition) is 1. The van der Waals surface area contributed by atoms with Crippen molar-refractivity contribution in [3.05, 3.63) is 95.6 Å². The van der Waals surface area contributed by atoms with Crippen LogP contribution in [0.15, 0.2) is 78.9 Å². The monoisotopic (exact) mass is 396 g/mol. The maximum Gasteiger partial charge on any atom is 0.416 e. The van der Waals surface area contributed by atoms with Crippen LogP contribution in [-0.2, 0) is 6.18 Å². The first-order valence-corrected chi connectivity index (χ1v) is 9.80. The molecule has 3 aromatic rings. The van der Waals surface area contributed by atoms with Gasteiger partial charge in [0, 0.05) is 26.2 Å². The van der Waals surface area contributed by atoms with E-state index in [2.05, 4.69) is 46.6 Å². The van der Waals surface area contributed by atoms with Crippen molar-refractivity contribution >= 4 is 0 Å². The van der Waals surface area contributed by atoms with Gasteiger partial charge in [0.2, 0.25) is 0 Å². The van der Waals surface area contributed by atoms with E-state index >= 15 is 0 Å². The molecule has 4 rings (SSSR count). The highest BCUT2D eigenvalue weighted by molar-refractivity contribution is 5.63. The zero-order chi connectivity index (χ0) is 20.3. The van der Waals surface area contributed by atoms with Gasteiger partial charge in [-0.25, -0.2) is 0 Å². The van der Waals surface area contributed by atoms with E-state index in [0.717, 1.165) is 48.4 Å². The van der Waals surface area contributed by atoms with Gasteiger partial charge in [-0.1, -0.05) is 66.7 Å². The average Bonchev–Trinajstić information content (AvgIpc) is 2.76. The number of piperazine rings is 1. The molecule has 0 aliphatic carbocycles. The van der Waals surface area contributed by atoms with E-state index in [1.807, 2.05) is 18.2 Å². The van der Waals surface area contributed by atoms with Crippen LogP contribution in [0.3, 0.4) is 0 Å². The number of hydrogen-bond acceptors (Lipinski definition) is 2. The molecule has 1 saturated heterocycles. The normalized spacial score (nSPS) is 16.5. The van der Waals surface area contributed by atoms with Gasteiger partial charge in [-0.05, 0) is 34.4 Å². The van der Waals surface area contributed by atoms with Crippen molar-refractivity contribution < 1.29 is 13.2 Å². The second-order valence-electron chi connectivity index (χ2n) is 7.30. The Labute approximate surface area is 169 Å². The molecule has 0 radical (unpaired) electrons. The zero-order valence-electron chi connectivity index (χ0n) is 16.0. The molecule has 0 amide bonds. The van der Waals surface area contributed by atoms with E-state index < -0.39 is 11.7 Å². The third-order valence-electron chi connectivity index (χ3n) is 5.40. The van der Waals surface area contributed by atoms with Crippen LogP contribution in [0.5, 0.6) is 0 Å². The summed E-state index contributed by atoms with van der Waals surface area (Å²) in [6.07, 6.45) is -4.32. The number of alkyl halides is 3. The van der Waals surface area contributed by atoms with E-state index in [4.69, 9.17) is 0 Å². The Morgan fingerprint density at radius 2 is 1.21 bits per heavy atom. The van der Waals surface area contributed by atoms with Crippen LogP contribution < -0.4 is 5.32 Å². The van der Waals surface area contributed by atoms with Crippen LogP contribution in [0, 0.1) is 0 Å². The minimum absolute atomic E-state index is 0.0655. The van der Waals surface area contributed by atoms with Crippen LogP contribution in [-0.4, -0.2) is 31.1 Å². The number of nitrogens with one attached hydrogen (secondary N) is 1. The molecule has 0 saturated carbocycles. The van der Waals surface area contributed by atoms with Gasteiger partial charge in [0.25, 0.3) is 0 Å². The topological polar surface area (TPSA) is 15.3 Å².